The molecule has 0 aliphatic rings. The van der Waals surface area contributed by atoms with Gasteiger partial charge < -0.3 is 49.6 Å². The van der Waals surface area contributed by atoms with Crippen LogP contribution in [0.5, 0.6) is 0 Å². The maximum Gasteiger partial charge on any atom is 4.00 e. The second-order valence-corrected chi connectivity index (χ2v) is 19.0. The van der Waals surface area contributed by atoms with Crippen LogP contribution < -0.4 is 81.5 Å². The second kappa shape index (κ2) is 25.7. The first kappa shape index (κ1) is 52.8. The minimum Gasteiger partial charge on any atom is -1.00 e. The topological polar surface area (TPSA) is 0 Å². The average molecular weight is 1030 g/mol. The molecule has 9 rings (SSSR count). The van der Waals surface area contributed by atoms with Gasteiger partial charge in [0.25, 0.3) is 0 Å². The molecule has 0 saturated carbocycles. The van der Waals surface area contributed by atoms with Gasteiger partial charge in [0.15, 0.2) is 0 Å². The van der Waals surface area contributed by atoms with Crippen molar-refractivity contribution >= 4 is 80.8 Å². The van der Waals surface area contributed by atoms with Crippen LogP contribution in [-0.2, 0) is 25.4 Å². The fraction of sp³-hybridized carbons (Fsp3) is 0.0741. The molecule has 0 amide bonds. The Morgan fingerprint density at radius 1 is 0.371 bits per heavy atom. The standard InChI is InChI=1S/C44H32P2.C10H13Cl.4ClH.Ru/c1-5-19-35(20-6-1)45(36-21-7-2-8-22-36)41-31-29-33-17-13-15-27-39(33)43(41)44-40-28-16-14-18-34(40)30-32-42(44)46(37-23-9-3-10-24-37)38-25-11-4-12-26-38;1-8(2)10-5-3-9(7-11)4-6-10;;;;;/h1-32H;3-6,8H,7H2,1-2H3;4*1H;/q;;;;;;+4/p-4. The SMILES string of the molecule is CC(C)c1ccc(CCl)cc1.[Cl-].[Cl-].[Cl-].[Cl-].[Ru+4].c1ccc(P(c2ccccc2)c2ccc3ccccc3c2-c2c(P(c3ccccc3)c3ccccc3)ccc3ccccc23)cc1. The zero-order valence-corrected chi connectivity index (χ0v) is 41.5. The molecule has 0 nitrogen and oxygen atoms in total. The normalized spacial score (nSPS) is 10.4. The van der Waals surface area contributed by atoms with E-state index >= 15 is 0 Å². The maximum absolute atomic E-state index is 5.66. The Kier molecular flexibility index (Phi) is 21.8. The fourth-order valence-corrected chi connectivity index (χ4v) is 12.7. The monoisotopic (exact) mass is 1030 g/mol. The second-order valence-electron chi connectivity index (χ2n) is 14.4. The summed E-state index contributed by atoms with van der Waals surface area (Å²) in [6.07, 6.45) is 0. The van der Waals surface area contributed by atoms with Crippen LogP contribution in [0.15, 0.2) is 218 Å². The Labute approximate surface area is 412 Å². The Morgan fingerprint density at radius 3 is 0.984 bits per heavy atom. The van der Waals surface area contributed by atoms with Gasteiger partial charge in [-0.1, -0.05) is 232 Å². The number of hydrogen-bond donors (Lipinski definition) is 0. The predicted octanol–water partition coefficient (Wildman–Crippen LogP) is 0.739. The molecule has 0 unspecified atom stereocenters. The van der Waals surface area contributed by atoms with Crippen molar-refractivity contribution in [3.05, 3.63) is 230 Å². The third kappa shape index (κ3) is 12.0. The van der Waals surface area contributed by atoms with Crippen molar-refractivity contribution in [3.63, 3.8) is 0 Å². The van der Waals surface area contributed by atoms with E-state index in [0.717, 1.165) is 0 Å². The number of fused-ring (bicyclic) bond motifs is 2. The van der Waals surface area contributed by atoms with E-state index in [-0.39, 0.29) is 69.1 Å². The van der Waals surface area contributed by atoms with Crippen LogP contribution in [0.1, 0.15) is 30.9 Å². The van der Waals surface area contributed by atoms with E-state index in [1.54, 1.807) is 0 Å². The zero-order chi connectivity index (χ0) is 39.0. The van der Waals surface area contributed by atoms with Crippen molar-refractivity contribution in [1.82, 2.24) is 0 Å². The zero-order valence-electron chi connectivity index (χ0n) is 34.2. The summed E-state index contributed by atoms with van der Waals surface area (Å²) in [6.45, 7) is 4.38. The molecule has 0 bridgehead atoms. The largest absolute Gasteiger partial charge is 4.00 e. The van der Waals surface area contributed by atoms with Crippen LogP contribution in [0, 0.1) is 0 Å². The number of rotatable bonds is 9. The minimum atomic E-state index is -0.852. The van der Waals surface area contributed by atoms with Gasteiger partial charge in [0.1, 0.15) is 0 Å². The summed E-state index contributed by atoms with van der Waals surface area (Å²) in [7, 11) is -1.70. The first-order valence-electron chi connectivity index (χ1n) is 19.6. The van der Waals surface area contributed by atoms with Crippen molar-refractivity contribution < 1.29 is 69.1 Å². The summed E-state index contributed by atoms with van der Waals surface area (Å²) in [6, 6.07) is 80.3. The minimum absolute atomic E-state index is 0. The van der Waals surface area contributed by atoms with Crippen LogP contribution in [0.3, 0.4) is 0 Å². The van der Waals surface area contributed by atoms with Gasteiger partial charge in [-0.05, 0) is 97.4 Å². The molecular formula is C54H45Cl5P2Ru. The molecule has 8 heteroatoms. The Hall–Kier alpha value is -3.57. The summed E-state index contributed by atoms with van der Waals surface area (Å²) in [5.74, 6) is 1.22. The van der Waals surface area contributed by atoms with Crippen molar-refractivity contribution in [3.8, 4) is 11.1 Å². The molecule has 0 aliphatic carbocycles. The summed E-state index contributed by atoms with van der Waals surface area (Å²) in [5.41, 5.74) is 5.26. The van der Waals surface area contributed by atoms with Crippen LogP contribution in [0.2, 0.25) is 0 Å². The maximum atomic E-state index is 5.66. The molecule has 0 fully saturated rings. The van der Waals surface area contributed by atoms with Crippen molar-refractivity contribution in [2.75, 3.05) is 0 Å². The molecule has 0 heterocycles. The third-order valence-electron chi connectivity index (χ3n) is 10.4. The van der Waals surface area contributed by atoms with E-state index in [1.807, 2.05) is 0 Å². The van der Waals surface area contributed by atoms with Crippen LogP contribution in [-0.4, -0.2) is 0 Å². The van der Waals surface area contributed by atoms with E-state index in [0.29, 0.717) is 11.8 Å². The van der Waals surface area contributed by atoms with Gasteiger partial charge in [-0.3, -0.25) is 0 Å². The smallest absolute Gasteiger partial charge is 1.00 e. The molecule has 0 spiro atoms. The quantitative estimate of drug-likeness (QED) is 0.114. The number of alkyl halides is 1. The summed E-state index contributed by atoms with van der Waals surface area (Å²) >= 11 is 5.66. The molecule has 0 saturated heterocycles. The van der Waals surface area contributed by atoms with Gasteiger partial charge in [0, 0.05) is 5.88 Å². The molecule has 0 N–H and O–H groups in total. The molecule has 9 aromatic rings. The molecule has 0 radical (unpaired) electrons. The van der Waals surface area contributed by atoms with Gasteiger partial charge in [-0.25, -0.2) is 0 Å². The van der Waals surface area contributed by atoms with Crippen LogP contribution in [0.25, 0.3) is 32.7 Å². The average Bonchev–Trinajstić information content (AvgIpc) is 3.28. The Bertz CT molecular complexity index is 2460. The van der Waals surface area contributed by atoms with Gasteiger partial charge >= 0.3 is 19.5 Å². The van der Waals surface area contributed by atoms with E-state index in [2.05, 4.69) is 232 Å². The van der Waals surface area contributed by atoms with Crippen molar-refractivity contribution in [1.29, 1.82) is 0 Å². The Balaban J connectivity index is 0.000000565. The molecule has 314 valence electrons. The van der Waals surface area contributed by atoms with E-state index < -0.39 is 15.8 Å². The molecule has 0 atom stereocenters. The predicted molar refractivity (Wildman–Crippen MR) is 254 cm³/mol. The van der Waals surface area contributed by atoms with Crippen LogP contribution in [0.4, 0.5) is 0 Å². The van der Waals surface area contributed by atoms with Gasteiger partial charge in [0.2, 0.25) is 0 Å². The molecule has 62 heavy (non-hydrogen) atoms. The summed E-state index contributed by atoms with van der Waals surface area (Å²) < 4.78 is 0. The summed E-state index contributed by atoms with van der Waals surface area (Å²) in [5, 5.41) is 13.3. The number of halogens is 5. The van der Waals surface area contributed by atoms with E-state index in [9.17, 15) is 0 Å². The first-order valence-corrected chi connectivity index (χ1v) is 22.8. The van der Waals surface area contributed by atoms with Gasteiger partial charge in [-0.15, -0.1) is 11.6 Å². The van der Waals surface area contributed by atoms with E-state index in [1.165, 1.54) is 75.6 Å². The first-order chi connectivity index (χ1) is 28.1. The molecule has 0 aliphatic heterocycles. The fourth-order valence-electron chi connectivity index (χ4n) is 7.57. The summed E-state index contributed by atoms with van der Waals surface area (Å²) in [4.78, 5) is 0. The van der Waals surface area contributed by atoms with Crippen LogP contribution >= 0.6 is 27.4 Å². The van der Waals surface area contributed by atoms with Crippen molar-refractivity contribution in [2.24, 2.45) is 0 Å². The molecule has 9 aromatic carbocycles. The van der Waals surface area contributed by atoms with E-state index in [4.69, 9.17) is 11.6 Å². The van der Waals surface area contributed by atoms with Gasteiger partial charge in [0.05, 0.1) is 0 Å². The van der Waals surface area contributed by atoms with Gasteiger partial charge in [-0.2, -0.15) is 0 Å². The number of benzene rings is 9. The third-order valence-corrected chi connectivity index (χ3v) is 15.7. The molecule has 0 aromatic heterocycles. The number of hydrogen-bond acceptors (Lipinski definition) is 0. The Morgan fingerprint density at radius 2 is 0.677 bits per heavy atom. The molecular weight excluding hydrogens is 989 g/mol. The van der Waals surface area contributed by atoms with Crippen molar-refractivity contribution in [2.45, 2.75) is 25.6 Å².